The highest BCUT2D eigenvalue weighted by molar-refractivity contribution is 6.30. The van der Waals surface area contributed by atoms with Crippen molar-refractivity contribution >= 4 is 11.6 Å². The smallest absolute Gasteiger partial charge is 0.0818 e. The number of rotatable bonds is 3. The second-order valence-corrected chi connectivity index (χ2v) is 5.93. The molecule has 0 amide bonds. The fourth-order valence-corrected chi connectivity index (χ4v) is 2.90. The maximum absolute atomic E-state index is 10.4. The third-order valence-electron chi connectivity index (χ3n) is 4.22. The molecular formula is C15H22ClNO. The van der Waals surface area contributed by atoms with Gasteiger partial charge in [0.2, 0.25) is 0 Å². The first-order valence-electron chi connectivity index (χ1n) is 6.70. The van der Waals surface area contributed by atoms with Crippen molar-refractivity contribution in [2.75, 3.05) is 20.1 Å². The van der Waals surface area contributed by atoms with Crippen LogP contribution in [0.4, 0.5) is 0 Å². The van der Waals surface area contributed by atoms with Gasteiger partial charge >= 0.3 is 0 Å². The highest BCUT2D eigenvalue weighted by Crippen LogP contribution is 2.33. The summed E-state index contributed by atoms with van der Waals surface area (Å²) in [6.07, 6.45) is 1.99. The Morgan fingerprint density at radius 2 is 1.78 bits per heavy atom. The molecule has 1 heterocycles. The van der Waals surface area contributed by atoms with Gasteiger partial charge in [-0.1, -0.05) is 30.7 Å². The van der Waals surface area contributed by atoms with Crippen molar-refractivity contribution in [2.24, 2.45) is 11.8 Å². The van der Waals surface area contributed by atoms with Crippen LogP contribution in [-0.4, -0.2) is 30.1 Å². The first-order chi connectivity index (χ1) is 8.58. The third-order valence-corrected chi connectivity index (χ3v) is 4.47. The zero-order valence-corrected chi connectivity index (χ0v) is 11.9. The first kappa shape index (κ1) is 13.9. The van der Waals surface area contributed by atoms with E-state index in [9.17, 15) is 5.11 Å². The third kappa shape index (κ3) is 3.25. The molecule has 0 unspecified atom stereocenters. The molecule has 3 heteroatoms. The van der Waals surface area contributed by atoms with Crippen molar-refractivity contribution in [1.82, 2.24) is 4.90 Å². The van der Waals surface area contributed by atoms with Crippen LogP contribution in [0.2, 0.25) is 5.02 Å². The summed E-state index contributed by atoms with van der Waals surface area (Å²) >= 11 is 5.87. The molecule has 18 heavy (non-hydrogen) atoms. The van der Waals surface area contributed by atoms with E-state index in [-0.39, 0.29) is 6.10 Å². The Morgan fingerprint density at radius 3 is 2.33 bits per heavy atom. The summed E-state index contributed by atoms with van der Waals surface area (Å²) in [4.78, 5) is 2.36. The van der Waals surface area contributed by atoms with Crippen molar-refractivity contribution in [1.29, 1.82) is 0 Å². The topological polar surface area (TPSA) is 23.5 Å². The molecule has 1 aromatic rings. The fourth-order valence-electron chi connectivity index (χ4n) is 2.78. The molecule has 100 valence electrons. The number of benzene rings is 1. The van der Waals surface area contributed by atoms with Crippen LogP contribution in [0.5, 0.6) is 0 Å². The number of aliphatic hydroxyl groups is 1. The molecular weight excluding hydrogens is 246 g/mol. The number of hydrogen-bond acceptors (Lipinski definition) is 2. The second-order valence-electron chi connectivity index (χ2n) is 5.50. The molecule has 0 saturated carbocycles. The molecule has 0 spiro atoms. The van der Waals surface area contributed by atoms with Crippen LogP contribution in [0.25, 0.3) is 0 Å². The lowest BCUT2D eigenvalue weighted by molar-refractivity contribution is 0.0567. The predicted octanol–water partition coefficient (Wildman–Crippen LogP) is 3.35. The maximum atomic E-state index is 10.4. The molecule has 0 bridgehead atoms. The Morgan fingerprint density at radius 1 is 1.22 bits per heavy atom. The van der Waals surface area contributed by atoms with E-state index in [0.717, 1.165) is 23.7 Å². The van der Waals surface area contributed by atoms with E-state index in [1.807, 2.05) is 24.3 Å². The van der Waals surface area contributed by atoms with Gasteiger partial charge in [0.1, 0.15) is 0 Å². The Kier molecular flexibility index (Phi) is 4.66. The normalized spacial score (nSPS) is 21.8. The standard InChI is InChI=1S/C15H22ClNO/c1-11(12-7-9-17(2)10-8-12)15(18)13-3-5-14(16)6-4-13/h3-6,11-12,15,18H,7-10H2,1-2H3/t11-,15-/m0/s1. The van der Waals surface area contributed by atoms with Gasteiger partial charge in [0.25, 0.3) is 0 Å². The van der Waals surface area contributed by atoms with E-state index in [2.05, 4.69) is 18.9 Å². The van der Waals surface area contributed by atoms with Crippen molar-refractivity contribution < 1.29 is 5.11 Å². The van der Waals surface area contributed by atoms with Crippen LogP contribution in [0, 0.1) is 11.8 Å². The summed E-state index contributed by atoms with van der Waals surface area (Å²) in [7, 11) is 2.16. The van der Waals surface area contributed by atoms with Gasteiger partial charge in [0.15, 0.2) is 0 Å². The van der Waals surface area contributed by atoms with Gasteiger partial charge in [-0.25, -0.2) is 0 Å². The van der Waals surface area contributed by atoms with Gasteiger partial charge in [-0.3, -0.25) is 0 Å². The number of nitrogens with zero attached hydrogens (tertiary/aromatic N) is 1. The number of likely N-dealkylation sites (tertiary alicyclic amines) is 1. The Balaban J connectivity index is 1.99. The Bertz CT molecular complexity index is 371. The minimum Gasteiger partial charge on any atom is -0.388 e. The summed E-state index contributed by atoms with van der Waals surface area (Å²) in [6, 6.07) is 7.56. The summed E-state index contributed by atoms with van der Waals surface area (Å²) in [5.74, 6) is 0.923. The quantitative estimate of drug-likeness (QED) is 0.908. The Labute approximate surface area is 115 Å². The van der Waals surface area contributed by atoms with Crippen LogP contribution in [-0.2, 0) is 0 Å². The summed E-state index contributed by atoms with van der Waals surface area (Å²) in [5.41, 5.74) is 0.978. The minimum atomic E-state index is -0.379. The van der Waals surface area contributed by atoms with Gasteiger partial charge in [-0.15, -0.1) is 0 Å². The highest BCUT2D eigenvalue weighted by Gasteiger charge is 2.27. The Hall–Kier alpha value is -0.570. The van der Waals surface area contributed by atoms with E-state index < -0.39 is 0 Å². The fraction of sp³-hybridized carbons (Fsp3) is 0.600. The molecule has 0 aliphatic carbocycles. The van der Waals surface area contributed by atoms with E-state index in [1.54, 1.807) is 0 Å². The van der Waals surface area contributed by atoms with Crippen molar-refractivity contribution in [3.8, 4) is 0 Å². The number of aliphatic hydroxyl groups excluding tert-OH is 1. The van der Waals surface area contributed by atoms with Crippen LogP contribution < -0.4 is 0 Å². The molecule has 1 fully saturated rings. The van der Waals surface area contributed by atoms with Gasteiger partial charge in [0.05, 0.1) is 6.10 Å². The van der Waals surface area contributed by atoms with E-state index in [0.29, 0.717) is 11.8 Å². The lowest BCUT2D eigenvalue weighted by Crippen LogP contribution is -2.34. The van der Waals surface area contributed by atoms with E-state index >= 15 is 0 Å². The predicted molar refractivity (Wildman–Crippen MR) is 75.8 cm³/mol. The number of halogens is 1. The van der Waals surface area contributed by atoms with Gasteiger partial charge in [-0.2, -0.15) is 0 Å². The molecule has 1 saturated heterocycles. The zero-order valence-electron chi connectivity index (χ0n) is 11.1. The molecule has 1 N–H and O–H groups in total. The number of piperidine rings is 1. The van der Waals surface area contributed by atoms with E-state index in [1.165, 1.54) is 12.8 Å². The van der Waals surface area contributed by atoms with Crippen molar-refractivity contribution in [3.05, 3.63) is 34.9 Å². The minimum absolute atomic E-state index is 0.305. The largest absolute Gasteiger partial charge is 0.388 e. The zero-order chi connectivity index (χ0) is 13.1. The average molecular weight is 268 g/mol. The van der Waals surface area contributed by atoms with Crippen LogP contribution >= 0.6 is 11.6 Å². The van der Waals surface area contributed by atoms with Gasteiger partial charge in [-0.05, 0) is 62.5 Å². The highest BCUT2D eigenvalue weighted by atomic mass is 35.5. The molecule has 0 aromatic heterocycles. The lowest BCUT2D eigenvalue weighted by atomic mass is 9.80. The lowest BCUT2D eigenvalue weighted by Gasteiger charge is -2.34. The summed E-state index contributed by atoms with van der Waals surface area (Å²) < 4.78 is 0. The van der Waals surface area contributed by atoms with Crippen molar-refractivity contribution in [3.63, 3.8) is 0 Å². The molecule has 2 nitrogen and oxygen atoms in total. The van der Waals surface area contributed by atoms with Gasteiger partial charge < -0.3 is 10.0 Å². The maximum Gasteiger partial charge on any atom is 0.0818 e. The summed E-state index contributed by atoms with van der Waals surface area (Å²) in [5, 5.41) is 11.2. The molecule has 1 aliphatic rings. The molecule has 1 aliphatic heterocycles. The average Bonchev–Trinajstić information content (AvgIpc) is 2.39. The monoisotopic (exact) mass is 267 g/mol. The molecule has 0 radical (unpaired) electrons. The number of hydrogen-bond donors (Lipinski definition) is 1. The second kappa shape index (κ2) is 6.05. The molecule has 2 atom stereocenters. The SMILES string of the molecule is C[C@@H](C1CCN(C)CC1)[C@H](O)c1ccc(Cl)cc1. The molecule has 1 aromatic carbocycles. The molecule has 2 rings (SSSR count). The first-order valence-corrected chi connectivity index (χ1v) is 7.08. The van der Waals surface area contributed by atoms with Crippen LogP contribution in [0.1, 0.15) is 31.4 Å². The van der Waals surface area contributed by atoms with Crippen LogP contribution in [0.3, 0.4) is 0 Å². The van der Waals surface area contributed by atoms with E-state index in [4.69, 9.17) is 11.6 Å². The van der Waals surface area contributed by atoms with Gasteiger partial charge in [0, 0.05) is 5.02 Å². The van der Waals surface area contributed by atoms with Crippen molar-refractivity contribution in [2.45, 2.75) is 25.9 Å². The summed E-state index contributed by atoms with van der Waals surface area (Å²) in [6.45, 7) is 4.44. The van der Waals surface area contributed by atoms with Crippen LogP contribution in [0.15, 0.2) is 24.3 Å².